The van der Waals surface area contributed by atoms with Crippen LogP contribution in [0.15, 0.2) is 84.9 Å². The Morgan fingerprint density at radius 2 is 1.33 bits per heavy atom. The van der Waals surface area contributed by atoms with Gasteiger partial charge in [0.1, 0.15) is 11.6 Å². The van der Waals surface area contributed by atoms with Gasteiger partial charge >= 0.3 is 0 Å². The summed E-state index contributed by atoms with van der Waals surface area (Å²) < 4.78 is 0. The summed E-state index contributed by atoms with van der Waals surface area (Å²) in [6, 6.07) is 26.7. The van der Waals surface area contributed by atoms with Crippen LogP contribution in [0.2, 0.25) is 0 Å². The highest BCUT2D eigenvalue weighted by atomic mass is 16.4. The minimum atomic E-state index is -1.25. The second kappa shape index (κ2) is 9.37. The zero-order valence-electron chi connectivity index (χ0n) is 17.0. The summed E-state index contributed by atoms with van der Waals surface area (Å²) in [5.41, 5.74) is 6.51. The quantitative estimate of drug-likeness (QED) is 0.560. The zero-order chi connectivity index (χ0) is 21.6. The molecule has 4 N–H and O–H groups in total. The van der Waals surface area contributed by atoms with Gasteiger partial charge < -0.3 is 21.0 Å². The molecular formula is C25H26N2O3. The van der Waals surface area contributed by atoms with Crippen molar-refractivity contribution in [2.24, 2.45) is 0 Å². The fourth-order valence-electron chi connectivity index (χ4n) is 3.59. The number of hydrogen-bond acceptors (Lipinski definition) is 3. The van der Waals surface area contributed by atoms with E-state index >= 15 is 0 Å². The SMILES string of the molecule is Cc1ccc(C(NC(=O)CC[C@H]([NH3+])C(=O)[O-])(c2ccccc2)c2ccccc2)cc1. The van der Waals surface area contributed by atoms with Crippen molar-refractivity contribution in [3.05, 3.63) is 107 Å². The normalized spacial score (nSPS) is 12.2. The maximum Gasteiger partial charge on any atom is 0.221 e. The van der Waals surface area contributed by atoms with Gasteiger partial charge in [-0.25, -0.2) is 0 Å². The molecule has 0 radical (unpaired) electrons. The van der Waals surface area contributed by atoms with E-state index in [1.54, 1.807) is 0 Å². The number of aliphatic carboxylic acids is 1. The summed E-state index contributed by atoms with van der Waals surface area (Å²) in [5.74, 6) is -1.50. The van der Waals surface area contributed by atoms with Crippen LogP contribution >= 0.6 is 0 Å². The van der Waals surface area contributed by atoms with Gasteiger partial charge in [-0.1, -0.05) is 90.5 Å². The second-order valence-electron chi connectivity index (χ2n) is 7.45. The van der Waals surface area contributed by atoms with Crippen molar-refractivity contribution >= 4 is 11.9 Å². The summed E-state index contributed by atoms with van der Waals surface area (Å²) >= 11 is 0. The molecule has 0 aliphatic heterocycles. The molecule has 1 atom stereocenters. The predicted octanol–water partition coefficient (Wildman–Crippen LogP) is 1.54. The lowest BCUT2D eigenvalue weighted by Gasteiger charge is -2.37. The number of aryl methyl sites for hydroxylation is 1. The topological polar surface area (TPSA) is 96.9 Å². The highest BCUT2D eigenvalue weighted by molar-refractivity contribution is 5.80. The van der Waals surface area contributed by atoms with E-state index < -0.39 is 17.6 Å². The molecule has 30 heavy (non-hydrogen) atoms. The summed E-state index contributed by atoms with van der Waals surface area (Å²) in [4.78, 5) is 24.0. The molecule has 0 aromatic heterocycles. The fourth-order valence-corrected chi connectivity index (χ4v) is 3.59. The lowest BCUT2D eigenvalue weighted by atomic mass is 9.76. The van der Waals surface area contributed by atoms with Crippen molar-refractivity contribution in [1.29, 1.82) is 0 Å². The van der Waals surface area contributed by atoms with Gasteiger partial charge in [0.2, 0.25) is 5.91 Å². The van der Waals surface area contributed by atoms with Gasteiger partial charge in [-0.2, -0.15) is 0 Å². The van der Waals surface area contributed by atoms with Crippen LogP contribution in [-0.2, 0) is 15.1 Å². The number of quaternary nitrogens is 1. The van der Waals surface area contributed by atoms with Gasteiger partial charge in [0.05, 0.1) is 5.97 Å². The Morgan fingerprint density at radius 3 is 1.80 bits per heavy atom. The molecule has 5 heteroatoms. The van der Waals surface area contributed by atoms with Crippen molar-refractivity contribution in [1.82, 2.24) is 5.32 Å². The number of carboxylic acid groups (broad SMARTS) is 1. The third-order valence-corrected chi connectivity index (χ3v) is 5.28. The largest absolute Gasteiger partial charge is 0.544 e. The van der Waals surface area contributed by atoms with E-state index in [1.165, 1.54) is 0 Å². The molecule has 154 valence electrons. The number of nitrogens with one attached hydrogen (secondary N) is 1. The zero-order valence-corrected chi connectivity index (χ0v) is 17.0. The third-order valence-electron chi connectivity index (χ3n) is 5.28. The van der Waals surface area contributed by atoms with Crippen LogP contribution in [-0.4, -0.2) is 17.9 Å². The molecule has 3 aromatic rings. The van der Waals surface area contributed by atoms with Crippen molar-refractivity contribution in [3.8, 4) is 0 Å². The van der Waals surface area contributed by atoms with E-state index in [2.05, 4.69) is 11.1 Å². The van der Waals surface area contributed by atoms with E-state index in [4.69, 9.17) is 0 Å². The van der Waals surface area contributed by atoms with Gasteiger partial charge in [-0.3, -0.25) is 4.79 Å². The maximum atomic E-state index is 13.0. The molecule has 0 saturated heterocycles. The Kier molecular flexibility index (Phi) is 6.65. The van der Waals surface area contributed by atoms with Crippen LogP contribution in [0.4, 0.5) is 0 Å². The van der Waals surface area contributed by atoms with Crippen molar-refractivity contribution in [3.63, 3.8) is 0 Å². The van der Waals surface area contributed by atoms with Gasteiger partial charge in [0.15, 0.2) is 0 Å². The smallest absolute Gasteiger partial charge is 0.221 e. The van der Waals surface area contributed by atoms with E-state index in [0.717, 1.165) is 22.3 Å². The Bertz CT molecular complexity index is 946. The Balaban J connectivity index is 2.10. The third kappa shape index (κ3) is 4.58. The van der Waals surface area contributed by atoms with E-state index in [-0.39, 0.29) is 18.7 Å². The van der Waals surface area contributed by atoms with Crippen molar-refractivity contribution in [2.75, 3.05) is 0 Å². The minimum absolute atomic E-state index is 0.0371. The molecule has 0 spiro atoms. The molecule has 5 nitrogen and oxygen atoms in total. The molecular weight excluding hydrogens is 376 g/mol. The summed E-state index contributed by atoms with van der Waals surface area (Å²) in [7, 11) is 0. The van der Waals surface area contributed by atoms with Crippen LogP contribution in [0.1, 0.15) is 35.1 Å². The number of carboxylic acids is 1. The van der Waals surface area contributed by atoms with Gasteiger partial charge in [0, 0.05) is 12.8 Å². The first-order valence-electron chi connectivity index (χ1n) is 9.96. The number of carbonyl (C=O) groups excluding carboxylic acids is 2. The molecule has 0 saturated carbocycles. The summed E-state index contributed by atoms with van der Waals surface area (Å²) in [5, 5.41) is 14.2. The number of carbonyl (C=O) groups is 2. The average Bonchev–Trinajstić information content (AvgIpc) is 2.77. The molecule has 0 aliphatic carbocycles. The average molecular weight is 402 g/mol. The second-order valence-corrected chi connectivity index (χ2v) is 7.45. The maximum absolute atomic E-state index is 13.0. The van der Waals surface area contributed by atoms with Gasteiger partial charge in [0.25, 0.3) is 0 Å². The van der Waals surface area contributed by atoms with E-state index in [1.807, 2.05) is 91.9 Å². The number of rotatable bonds is 8. The Labute approximate surface area is 176 Å². The number of benzene rings is 3. The number of hydrogen-bond donors (Lipinski definition) is 2. The molecule has 3 aromatic carbocycles. The molecule has 3 rings (SSSR count). The van der Waals surface area contributed by atoms with Gasteiger partial charge in [-0.15, -0.1) is 0 Å². The molecule has 0 heterocycles. The van der Waals surface area contributed by atoms with Crippen molar-refractivity contribution < 1.29 is 20.4 Å². The van der Waals surface area contributed by atoms with E-state index in [0.29, 0.717) is 0 Å². The number of amides is 1. The first kappa shape index (κ1) is 21.3. The highest BCUT2D eigenvalue weighted by Crippen LogP contribution is 2.37. The van der Waals surface area contributed by atoms with Crippen LogP contribution in [0.3, 0.4) is 0 Å². The molecule has 0 fully saturated rings. The minimum Gasteiger partial charge on any atom is -0.544 e. The van der Waals surface area contributed by atoms with Crippen LogP contribution in [0.25, 0.3) is 0 Å². The monoisotopic (exact) mass is 402 g/mol. The first-order chi connectivity index (χ1) is 14.4. The van der Waals surface area contributed by atoms with Crippen molar-refractivity contribution in [2.45, 2.75) is 31.3 Å². The van der Waals surface area contributed by atoms with Crippen LogP contribution < -0.4 is 16.2 Å². The Morgan fingerprint density at radius 1 is 0.867 bits per heavy atom. The van der Waals surface area contributed by atoms with E-state index in [9.17, 15) is 14.7 Å². The predicted molar refractivity (Wildman–Crippen MR) is 113 cm³/mol. The molecule has 0 unspecified atom stereocenters. The van der Waals surface area contributed by atoms with Crippen LogP contribution in [0.5, 0.6) is 0 Å². The molecule has 0 bridgehead atoms. The highest BCUT2D eigenvalue weighted by Gasteiger charge is 2.37. The van der Waals surface area contributed by atoms with Crippen LogP contribution in [0, 0.1) is 6.92 Å². The Hall–Kier alpha value is -3.44. The van der Waals surface area contributed by atoms with Gasteiger partial charge in [-0.05, 0) is 23.6 Å². The molecule has 0 aliphatic rings. The summed E-state index contributed by atoms with van der Waals surface area (Å²) in [6.45, 7) is 2.02. The standard InChI is InChI=1S/C25H26N2O3/c1-18-12-14-21(15-13-18)25(19-8-4-2-5-9-19,20-10-6-3-7-11-20)27-23(28)17-16-22(26)24(29)30/h2-15,22H,16-17,26H2,1H3,(H,27,28)(H,29,30)/t22-/m0/s1. The fraction of sp³-hybridized carbons (Fsp3) is 0.200. The lowest BCUT2D eigenvalue weighted by Crippen LogP contribution is -2.68. The first-order valence-corrected chi connectivity index (χ1v) is 9.96. The molecule has 1 amide bonds. The summed E-state index contributed by atoms with van der Waals surface area (Å²) in [6.07, 6.45) is 0.150. The lowest BCUT2D eigenvalue weighted by molar-refractivity contribution is -0.438.